The molecule has 198 valence electrons. The second kappa shape index (κ2) is 12.3. The summed E-state index contributed by atoms with van der Waals surface area (Å²) in [6.07, 6.45) is 0. The number of carbonyl (C=O) groups excluding carboxylic acids is 2. The number of ether oxygens (including phenoxy) is 2. The molecule has 0 atom stereocenters. The van der Waals surface area contributed by atoms with E-state index in [1.807, 2.05) is 74.7 Å². The molecule has 4 aromatic rings. The minimum atomic E-state index is -0.490. The van der Waals surface area contributed by atoms with Gasteiger partial charge in [0.1, 0.15) is 22.9 Å². The number of anilines is 1. The fourth-order valence-electron chi connectivity index (χ4n) is 4.13. The first-order valence-corrected chi connectivity index (χ1v) is 13.9. The van der Waals surface area contributed by atoms with Crippen molar-refractivity contribution in [3.8, 4) is 16.9 Å². The maximum atomic E-state index is 12.9. The van der Waals surface area contributed by atoms with Crippen molar-refractivity contribution in [2.75, 3.05) is 18.2 Å². The number of carbonyl (C=O) groups is 2. The summed E-state index contributed by atoms with van der Waals surface area (Å²) >= 11 is 2.64. The number of amides is 1. The van der Waals surface area contributed by atoms with Gasteiger partial charge in [-0.05, 0) is 44.9 Å². The molecular weight excluding hydrogens is 520 g/mol. The molecule has 0 aliphatic carbocycles. The number of nitrogens with zero attached hydrogens (tertiary/aromatic N) is 3. The van der Waals surface area contributed by atoms with Crippen LogP contribution in [0.2, 0.25) is 0 Å². The molecule has 1 N–H and O–H groups in total. The molecule has 1 amide bonds. The Morgan fingerprint density at radius 2 is 1.84 bits per heavy atom. The van der Waals surface area contributed by atoms with Crippen LogP contribution < -0.4 is 10.1 Å². The lowest BCUT2D eigenvalue weighted by atomic mass is 10.0. The van der Waals surface area contributed by atoms with Crippen LogP contribution in [0, 0.1) is 20.8 Å². The van der Waals surface area contributed by atoms with E-state index >= 15 is 0 Å². The summed E-state index contributed by atoms with van der Waals surface area (Å²) in [6, 6.07) is 15.6. The zero-order valence-electron chi connectivity index (χ0n) is 22.0. The number of thioether (sulfide) groups is 1. The van der Waals surface area contributed by atoms with Gasteiger partial charge in [-0.1, -0.05) is 59.8 Å². The number of rotatable bonds is 10. The van der Waals surface area contributed by atoms with E-state index in [1.54, 1.807) is 0 Å². The van der Waals surface area contributed by atoms with Crippen LogP contribution in [0.5, 0.6) is 5.75 Å². The average molecular weight is 551 g/mol. The van der Waals surface area contributed by atoms with E-state index in [0.717, 1.165) is 27.3 Å². The summed E-state index contributed by atoms with van der Waals surface area (Å²) < 4.78 is 13.0. The predicted octanol–water partition coefficient (Wildman–Crippen LogP) is 6.05. The Morgan fingerprint density at radius 1 is 1.08 bits per heavy atom. The topological polar surface area (TPSA) is 95.3 Å². The normalized spacial score (nSPS) is 10.9. The predicted molar refractivity (Wildman–Crippen MR) is 151 cm³/mol. The number of hydrogen-bond acceptors (Lipinski definition) is 8. The molecule has 0 unspecified atom stereocenters. The average Bonchev–Trinajstić information content (AvgIpc) is 3.46. The molecule has 8 nitrogen and oxygen atoms in total. The van der Waals surface area contributed by atoms with E-state index in [9.17, 15) is 9.59 Å². The standard InChI is InChI=1S/C28H30N4O4S2/c1-6-32-22(15-36-21-13-12-17(2)14-18(21)3)30-31-28(32)37-16-23(33)29-26-25(27(34)35-5)24(19(4)38-26)20-10-8-7-9-11-20/h7-14H,6,15-16H2,1-5H3,(H,29,33). The molecule has 0 fully saturated rings. The van der Waals surface area contributed by atoms with Gasteiger partial charge in [0.15, 0.2) is 11.0 Å². The molecule has 0 aliphatic rings. The molecule has 0 spiro atoms. The Bertz CT molecular complexity index is 1450. The van der Waals surface area contributed by atoms with Gasteiger partial charge in [0.05, 0.1) is 12.9 Å². The Morgan fingerprint density at radius 3 is 2.53 bits per heavy atom. The molecule has 0 bridgehead atoms. The molecule has 0 saturated carbocycles. The summed E-state index contributed by atoms with van der Waals surface area (Å²) in [7, 11) is 1.34. The van der Waals surface area contributed by atoms with E-state index in [0.29, 0.717) is 28.1 Å². The van der Waals surface area contributed by atoms with Crippen molar-refractivity contribution >= 4 is 40.0 Å². The third-order valence-corrected chi connectivity index (χ3v) is 7.91. The van der Waals surface area contributed by atoms with E-state index in [-0.39, 0.29) is 18.3 Å². The monoisotopic (exact) mass is 550 g/mol. The van der Waals surface area contributed by atoms with Crippen molar-refractivity contribution in [1.29, 1.82) is 0 Å². The minimum Gasteiger partial charge on any atom is -0.485 e. The summed E-state index contributed by atoms with van der Waals surface area (Å²) in [5.74, 6) is 0.853. The Kier molecular flexibility index (Phi) is 8.85. The zero-order chi connectivity index (χ0) is 27.2. The van der Waals surface area contributed by atoms with Crippen molar-refractivity contribution in [2.45, 2.75) is 46.0 Å². The Labute approximate surface area is 230 Å². The smallest absolute Gasteiger partial charge is 0.341 e. The molecule has 10 heteroatoms. The Balaban J connectivity index is 1.45. The fourth-order valence-corrected chi connectivity index (χ4v) is 6.03. The van der Waals surface area contributed by atoms with Gasteiger partial charge in [0, 0.05) is 17.0 Å². The molecule has 2 aromatic heterocycles. The highest BCUT2D eigenvalue weighted by molar-refractivity contribution is 7.99. The number of hydrogen-bond donors (Lipinski definition) is 1. The van der Waals surface area contributed by atoms with Crippen molar-refractivity contribution < 1.29 is 19.1 Å². The van der Waals surface area contributed by atoms with Gasteiger partial charge in [-0.25, -0.2) is 4.79 Å². The van der Waals surface area contributed by atoms with Gasteiger partial charge in [-0.2, -0.15) is 0 Å². The summed E-state index contributed by atoms with van der Waals surface area (Å²) in [5, 5.41) is 12.6. The lowest BCUT2D eigenvalue weighted by Crippen LogP contribution is -2.16. The molecule has 2 aromatic carbocycles. The van der Waals surface area contributed by atoms with Crippen LogP contribution in [0.25, 0.3) is 11.1 Å². The first kappa shape index (κ1) is 27.4. The SMILES string of the molecule is CCn1c(COc2ccc(C)cc2C)nnc1SCC(=O)Nc1sc(C)c(-c2ccccc2)c1C(=O)OC. The van der Waals surface area contributed by atoms with Gasteiger partial charge in [-0.3, -0.25) is 4.79 Å². The van der Waals surface area contributed by atoms with Crippen LogP contribution in [0.15, 0.2) is 53.7 Å². The highest BCUT2D eigenvalue weighted by atomic mass is 32.2. The number of aryl methyl sites for hydroxylation is 3. The summed E-state index contributed by atoms with van der Waals surface area (Å²) in [4.78, 5) is 26.5. The highest BCUT2D eigenvalue weighted by Crippen LogP contribution is 2.40. The van der Waals surface area contributed by atoms with Gasteiger partial charge in [0.25, 0.3) is 0 Å². The molecule has 0 aliphatic heterocycles. The largest absolute Gasteiger partial charge is 0.485 e. The maximum absolute atomic E-state index is 12.9. The van der Waals surface area contributed by atoms with Gasteiger partial charge in [-0.15, -0.1) is 21.5 Å². The lowest BCUT2D eigenvalue weighted by molar-refractivity contribution is -0.113. The van der Waals surface area contributed by atoms with Gasteiger partial charge in [0.2, 0.25) is 5.91 Å². The van der Waals surface area contributed by atoms with Gasteiger partial charge >= 0.3 is 5.97 Å². The zero-order valence-corrected chi connectivity index (χ0v) is 23.7. The van der Waals surface area contributed by atoms with Crippen molar-refractivity contribution in [2.24, 2.45) is 0 Å². The highest BCUT2D eigenvalue weighted by Gasteiger charge is 2.25. The number of benzene rings is 2. The third kappa shape index (κ3) is 6.08. The first-order valence-electron chi connectivity index (χ1n) is 12.1. The second-order valence-corrected chi connectivity index (χ2v) is 10.8. The van der Waals surface area contributed by atoms with Crippen LogP contribution in [0.3, 0.4) is 0 Å². The van der Waals surface area contributed by atoms with Gasteiger partial charge < -0.3 is 19.4 Å². The van der Waals surface area contributed by atoms with Crippen LogP contribution in [0.1, 0.15) is 39.1 Å². The first-order chi connectivity index (χ1) is 18.3. The van der Waals surface area contributed by atoms with Crippen LogP contribution in [-0.2, 0) is 22.7 Å². The number of esters is 1. The second-order valence-electron chi connectivity index (χ2n) is 8.63. The van der Waals surface area contributed by atoms with E-state index < -0.39 is 5.97 Å². The van der Waals surface area contributed by atoms with E-state index in [4.69, 9.17) is 9.47 Å². The number of nitrogens with one attached hydrogen (secondary N) is 1. The minimum absolute atomic E-state index is 0.105. The molecule has 2 heterocycles. The number of methoxy groups -OCH3 is 1. The summed E-state index contributed by atoms with van der Waals surface area (Å²) in [5.41, 5.74) is 4.26. The van der Waals surface area contributed by atoms with E-state index in [2.05, 4.69) is 21.6 Å². The molecule has 38 heavy (non-hydrogen) atoms. The number of thiophene rings is 1. The van der Waals surface area contributed by atoms with E-state index in [1.165, 1.54) is 35.8 Å². The van der Waals surface area contributed by atoms with Crippen LogP contribution in [0.4, 0.5) is 5.00 Å². The lowest BCUT2D eigenvalue weighted by Gasteiger charge is -2.11. The summed E-state index contributed by atoms with van der Waals surface area (Å²) in [6.45, 7) is 8.89. The molecule has 4 rings (SSSR count). The van der Waals surface area contributed by atoms with Crippen LogP contribution in [-0.4, -0.2) is 39.5 Å². The molecule has 0 saturated heterocycles. The number of aromatic nitrogens is 3. The van der Waals surface area contributed by atoms with Crippen molar-refractivity contribution in [3.63, 3.8) is 0 Å². The quantitative estimate of drug-likeness (QED) is 0.190. The molecular formula is C28H30N4O4S2. The van der Waals surface area contributed by atoms with Crippen LogP contribution >= 0.6 is 23.1 Å². The fraction of sp³-hybridized carbons (Fsp3) is 0.286. The Hall–Kier alpha value is -3.63. The maximum Gasteiger partial charge on any atom is 0.341 e. The third-order valence-electron chi connectivity index (χ3n) is 5.92. The van der Waals surface area contributed by atoms with Crippen molar-refractivity contribution in [1.82, 2.24) is 14.8 Å². The van der Waals surface area contributed by atoms with Crippen molar-refractivity contribution in [3.05, 3.63) is 75.9 Å². The molecule has 0 radical (unpaired) electrons.